The number of aromatic nitrogens is 2. The number of rotatable bonds is 7. The predicted octanol–water partition coefficient (Wildman–Crippen LogP) is 1.97. The molecule has 3 rings (SSSR count). The summed E-state index contributed by atoms with van der Waals surface area (Å²) in [5.41, 5.74) is 8.81. The number of fused-ring (bicyclic) bond motifs is 1. The predicted molar refractivity (Wildman–Crippen MR) is 110 cm³/mol. The summed E-state index contributed by atoms with van der Waals surface area (Å²) in [7, 11) is 0. The molecule has 1 aromatic heterocycles. The molecule has 0 fully saturated rings. The lowest BCUT2D eigenvalue weighted by Gasteiger charge is -2.29. The number of aliphatic hydroxyl groups is 2. The normalized spacial score (nSPS) is 18.2. The van der Waals surface area contributed by atoms with Gasteiger partial charge in [-0.3, -0.25) is 0 Å². The molecule has 5 N–H and O–H groups in total. The quantitative estimate of drug-likeness (QED) is 0.362. The van der Waals surface area contributed by atoms with Crippen molar-refractivity contribution < 1.29 is 19.4 Å². The molecule has 2 heterocycles. The van der Waals surface area contributed by atoms with E-state index in [1.807, 2.05) is 6.92 Å². The molecular formula is C19H23BrFN5O3. The second-order valence-corrected chi connectivity index (χ2v) is 7.66. The molecule has 0 aliphatic carbocycles. The van der Waals surface area contributed by atoms with Crippen LogP contribution in [0.5, 0.6) is 0 Å². The number of nitrogens with zero attached hydrogens (tertiary/aromatic N) is 3. The van der Waals surface area contributed by atoms with Crippen molar-refractivity contribution >= 4 is 27.7 Å². The summed E-state index contributed by atoms with van der Waals surface area (Å²) in [5.74, 6) is 0.313. The molecule has 0 bridgehead atoms. The Labute approximate surface area is 176 Å². The van der Waals surface area contributed by atoms with Crippen LogP contribution in [0, 0.1) is 12.7 Å². The molecule has 29 heavy (non-hydrogen) atoms. The molecule has 1 aromatic carbocycles. The van der Waals surface area contributed by atoms with Crippen molar-refractivity contribution in [2.24, 2.45) is 5.16 Å². The van der Waals surface area contributed by atoms with Crippen molar-refractivity contribution in [1.29, 1.82) is 0 Å². The second-order valence-electron chi connectivity index (χ2n) is 6.81. The summed E-state index contributed by atoms with van der Waals surface area (Å²) in [6.45, 7) is 1.81. The number of hydrogen-bond donors (Lipinski definition) is 4. The fourth-order valence-electron chi connectivity index (χ4n) is 3.22. The molecule has 10 heteroatoms. The highest BCUT2D eigenvalue weighted by Crippen LogP contribution is 2.31. The van der Waals surface area contributed by atoms with Gasteiger partial charge in [0.15, 0.2) is 5.84 Å². The van der Waals surface area contributed by atoms with E-state index in [-0.39, 0.29) is 31.0 Å². The first-order valence-electron chi connectivity index (χ1n) is 9.22. The van der Waals surface area contributed by atoms with Gasteiger partial charge in [-0.15, -0.1) is 0 Å². The van der Waals surface area contributed by atoms with E-state index in [2.05, 4.69) is 36.4 Å². The van der Waals surface area contributed by atoms with Gasteiger partial charge in [0.2, 0.25) is 5.95 Å². The van der Waals surface area contributed by atoms with Crippen LogP contribution in [0.1, 0.15) is 41.4 Å². The van der Waals surface area contributed by atoms with Crippen molar-refractivity contribution in [3.63, 3.8) is 0 Å². The van der Waals surface area contributed by atoms with E-state index < -0.39 is 6.10 Å². The lowest BCUT2D eigenvalue weighted by atomic mass is 9.94. The maximum atomic E-state index is 13.5. The van der Waals surface area contributed by atoms with Crippen molar-refractivity contribution in [1.82, 2.24) is 15.3 Å². The van der Waals surface area contributed by atoms with Gasteiger partial charge in [0.1, 0.15) is 12.4 Å². The van der Waals surface area contributed by atoms with Crippen LogP contribution in [-0.2, 0) is 11.3 Å². The van der Waals surface area contributed by atoms with Gasteiger partial charge in [-0.2, -0.15) is 0 Å². The fourth-order valence-corrected chi connectivity index (χ4v) is 3.85. The number of amidine groups is 1. The molecule has 1 aliphatic heterocycles. The van der Waals surface area contributed by atoms with E-state index in [1.165, 1.54) is 12.1 Å². The van der Waals surface area contributed by atoms with Gasteiger partial charge in [-0.1, -0.05) is 27.2 Å². The van der Waals surface area contributed by atoms with Gasteiger partial charge in [-0.05, 0) is 37.5 Å². The number of halogens is 2. The maximum Gasteiger partial charge on any atom is 0.220 e. The number of nitrogens with two attached hydrogens (primary N) is 1. The van der Waals surface area contributed by atoms with Crippen LogP contribution < -0.4 is 11.1 Å². The average molecular weight is 468 g/mol. The Morgan fingerprint density at radius 1 is 1.45 bits per heavy atom. The minimum atomic E-state index is -0.765. The molecule has 2 atom stereocenters. The summed E-state index contributed by atoms with van der Waals surface area (Å²) in [5, 5.41) is 25.8. The highest BCUT2D eigenvalue weighted by Gasteiger charge is 2.29. The SMILES string of the molecule is Cc1nc(N)nc2c1/C(=N/OCCC[C@H](O)CO)N[C@@H](c1ccc(F)cc1Br)C2. The summed E-state index contributed by atoms with van der Waals surface area (Å²) < 4.78 is 14.1. The number of oxime groups is 1. The van der Waals surface area contributed by atoms with Crippen molar-refractivity contribution in [3.05, 3.63) is 51.0 Å². The number of nitrogens with one attached hydrogen (secondary N) is 1. The molecule has 0 spiro atoms. The lowest BCUT2D eigenvalue weighted by molar-refractivity contribution is 0.0714. The van der Waals surface area contributed by atoms with E-state index in [4.69, 9.17) is 15.7 Å². The van der Waals surface area contributed by atoms with Crippen LogP contribution in [0.4, 0.5) is 10.3 Å². The molecule has 0 saturated heterocycles. The van der Waals surface area contributed by atoms with Crippen LogP contribution in [0.3, 0.4) is 0 Å². The summed E-state index contributed by atoms with van der Waals surface area (Å²) in [4.78, 5) is 14.0. The standard InChI is InChI=1S/C19H23BrFN5O3/c1-10-17-16(25-19(22)23-10)8-15(13-5-4-11(21)7-14(13)20)24-18(17)26-29-6-2-3-12(28)9-27/h4-5,7,12,15,27-28H,2-3,6,8-9H2,1H3,(H,24,26)(H2,22,23,25)/t12-,15+/m0/s1. The molecule has 1 aliphatic rings. The Morgan fingerprint density at radius 3 is 2.97 bits per heavy atom. The number of aryl methyl sites for hydroxylation is 1. The van der Waals surface area contributed by atoms with Crippen molar-refractivity contribution in [2.45, 2.75) is 38.3 Å². The smallest absolute Gasteiger partial charge is 0.220 e. The van der Waals surface area contributed by atoms with Gasteiger partial charge >= 0.3 is 0 Å². The summed E-state index contributed by atoms with van der Waals surface area (Å²) in [6.07, 6.45) is 0.707. The molecule has 0 saturated carbocycles. The molecular weight excluding hydrogens is 445 g/mol. The zero-order chi connectivity index (χ0) is 21.0. The largest absolute Gasteiger partial charge is 0.394 e. The Balaban J connectivity index is 1.85. The number of hydrogen-bond acceptors (Lipinski definition) is 7. The van der Waals surface area contributed by atoms with Gasteiger partial charge in [-0.25, -0.2) is 14.4 Å². The Kier molecular flexibility index (Phi) is 6.99. The topological polar surface area (TPSA) is 126 Å². The molecule has 0 radical (unpaired) electrons. The van der Waals surface area contributed by atoms with E-state index in [0.717, 1.165) is 16.8 Å². The highest BCUT2D eigenvalue weighted by molar-refractivity contribution is 9.10. The minimum absolute atomic E-state index is 0.179. The van der Waals surface area contributed by atoms with Crippen molar-refractivity contribution in [2.75, 3.05) is 18.9 Å². The Morgan fingerprint density at radius 2 is 2.24 bits per heavy atom. The van der Waals surface area contributed by atoms with Gasteiger partial charge in [0.05, 0.1) is 35.7 Å². The molecule has 0 amide bonds. The van der Waals surface area contributed by atoms with E-state index in [0.29, 0.717) is 35.3 Å². The van der Waals surface area contributed by atoms with E-state index in [1.54, 1.807) is 6.07 Å². The lowest BCUT2D eigenvalue weighted by Crippen LogP contribution is -2.38. The summed E-state index contributed by atoms with van der Waals surface area (Å²) >= 11 is 3.41. The van der Waals surface area contributed by atoms with Crippen LogP contribution in [0.2, 0.25) is 0 Å². The minimum Gasteiger partial charge on any atom is -0.394 e. The number of nitrogen functional groups attached to an aromatic ring is 1. The van der Waals surface area contributed by atoms with Gasteiger partial charge < -0.3 is 26.1 Å². The fraction of sp³-hybridized carbons (Fsp3) is 0.421. The first-order chi connectivity index (χ1) is 13.9. The third kappa shape index (κ3) is 5.20. The molecule has 2 aromatic rings. The summed E-state index contributed by atoms with van der Waals surface area (Å²) in [6, 6.07) is 4.29. The number of anilines is 1. The third-order valence-corrected chi connectivity index (χ3v) is 5.29. The third-order valence-electron chi connectivity index (χ3n) is 4.60. The Hall–Kier alpha value is -2.30. The van der Waals surface area contributed by atoms with E-state index in [9.17, 15) is 9.50 Å². The van der Waals surface area contributed by atoms with Crippen LogP contribution in [0.25, 0.3) is 0 Å². The average Bonchev–Trinajstić information content (AvgIpc) is 2.66. The van der Waals surface area contributed by atoms with Crippen LogP contribution >= 0.6 is 15.9 Å². The second kappa shape index (κ2) is 9.47. The van der Waals surface area contributed by atoms with E-state index >= 15 is 0 Å². The number of benzene rings is 1. The first kappa shape index (κ1) is 21.4. The highest BCUT2D eigenvalue weighted by atomic mass is 79.9. The molecule has 8 nitrogen and oxygen atoms in total. The molecule has 156 valence electrons. The van der Waals surface area contributed by atoms with Gasteiger partial charge in [0.25, 0.3) is 0 Å². The van der Waals surface area contributed by atoms with Gasteiger partial charge in [0, 0.05) is 10.9 Å². The molecule has 0 unspecified atom stereocenters. The zero-order valence-corrected chi connectivity index (χ0v) is 17.5. The monoisotopic (exact) mass is 467 g/mol. The Bertz CT molecular complexity index is 912. The van der Waals surface area contributed by atoms with Crippen LogP contribution in [0.15, 0.2) is 27.8 Å². The maximum absolute atomic E-state index is 13.5. The van der Waals surface area contributed by atoms with Crippen LogP contribution in [-0.4, -0.2) is 45.3 Å². The zero-order valence-electron chi connectivity index (χ0n) is 15.9. The van der Waals surface area contributed by atoms with Crippen molar-refractivity contribution in [3.8, 4) is 0 Å². The number of aliphatic hydroxyl groups excluding tert-OH is 2. The first-order valence-corrected chi connectivity index (χ1v) is 10.0.